The molecule has 1 aromatic heterocycles. The second-order valence-electron chi connectivity index (χ2n) is 4.25. The van der Waals surface area contributed by atoms with Gasteiger partial charge in [-0.1, -0.05) is 44.4 Å². The van der Waals surface area contributed by atoms with Gasteiger partial charge in [-0.05, 0) is 24.0 Å². The Hall–Kier alpha value is -0.600. The molecule has 0 saturated carbocycles. The first-order valence-electron chi connectivity index (χ1n) is 5.39. The van der Waals surface area contributed by atoms with Gasteiger partial charge in [0.1, 0.15) is 5.15 Å². The summed E-state index contributed by atoms with van der Waals surface area (Å²) in [5.74, 6) is 0.695. The number of rotatable bonds is 5. The molecule has 0 aliphatic rings. The van der Waals surface area contributed by atoms with Gasteiger partial charge in [-0.3, -0.25) is 0 Å². The largest absolute Gasteiger partial charge is 0.388 e. The first-order chi connectivity index (χ1) is 7.09. The number of aliphatic hydroxyl groups excluding tert-OH is 1. The second-order valence-corrected chi connectivity index (χ2v) is 4.64. The van der Waals surface area contributed by atoms with E-state index < -0.39 is 6.10 Å². The van der Waals surface area contributed by atoms with Crippen LogP contribution >= 0.6 is 11.6 Å². The van der Waals surface area contributed by atoms with Crippen molar-refractivity contribution in [2.75, 3.05) is 0 Å². The van der Waals surface area contributed by atoms with E-state index in [1.807, 2.05) is 6.07 Å². The van der Waals surface area contributed by atoms with Gasteiger partial charge >= 0.3 is 0 Å². The molecule has 0 radical (unpaired) electrons. The van der Waals surface area contributed by atoms with Gasteiger partial charge in [-0.25, -0.2) is 4.98 Å². The predicted octanol–water partition coefficient (Wildman–Crippen LogP) is 3.59. The van der Waals surface area contributed by atoms with E-state index in [2.05, 4.69) is 18.8 Å². The van der Waals surface area contributed by atoms with Crippen LogP contribution in [0.25, 0.3) is 0 Å². The van der Waals surface area contributed by atoms with Crippen LogP contribution in [-0.4, -0.2) is 10.1 Å². The molecule has 0 aliphatic heterocycles. The number of hydrogen-bond donors (Lipinski definition) is 1. The number of hydrogen-bond acceptors (Lipinski definition) is 2. The average Bonchev–Trinajstić information content (AvgIpc) is 2.18. The van der Waals surface area contributed by atoms with Crippen LogP contribution in [0.15, 0.2) is 18.3 Å². The highest BCUT2D eigenvalue weighted by Gasteiger charge is 2.07. The van der Waals surface area contributed by atoms with Crippen molar-refractivity contribution in [2.45, 2.75) is 39.2 Å². The summed E-state index contributed by atoms with van der Waals surface area (Å²) in [6, 6.07) is 3.54. The second kappa shape index (κ2) is 6.09. The van der Waals surface area contributed by atoms with Crippen molar-refractivity contribution in [1.82, 2.24) is 4.98 Å². The van der Waals surface area contributed by atoms with Crippen LogP contribution in [0.2, 0.25) is 5.15 Å². The topological polar surface area (TPSA) is 33.1 Å². The van der Waals surface area contributed by atoms with Crippen molar-refractivity contribution < 1.29 is 5.11 Å². The van der Waals surface area contributed by atoms with Crippen LogP contribution < -0.4 is 0 Å². The number of aliphatic hydroxyl groups is 1. The smallest absolute Gasteiger partial charge is 0.129 e. The Balaban J connectivity index is 2.40. The minimum atomic E-state index is -0.409. The minimum absolute atomic E-state index is 0.409. The zero-order valence-corrected chi connectivity index (χ0v) is 10.0. The molecule has 1 unspecified atom stereocenters. The van der Waals surface area contributed by atoms with Crippen LogP contribution in [0.4, 0.5) is 0 Å². The Labute approximate surface area is 96.3 Å². The van der Waals surface area contributed by atoms with Gasteiger partial charge in [-0.15, -0.1) is 0 Å². The molecule has 84 valence electrons. The van der Waals surface area contributed by atoms with Crippen molar-refractivity contribution in [2.24, 2.45) is 5.92 Å². The van der Waals surface area contributed by atoms with E-state index in [0.717, 1.165) is 24.8 Å². The van der Waals surface area contributed by atoms with E-state index in [9.17, 15) is 5.11 Å². The summed E-state index contributed by atoms with van der Waals surface area (Å²) < 4.78 is 0. The van der Waals surface area contributed by atoms with E-state index in [0.29, 0.717) is 11.1 Å². The van der Waals surface area contributed by atoms with Gasteiger partial charge in [-0.2, -0.15) is 0 Å². The molecule has 1 heterocycles. The minimum Gasteiger partial charge on any atom is -0.388 e. The molecule has 1 aromatic rings. The zero-order valence-electron chi connectivity index (χ0n) is 9.28. The Morgan fingerprint density at radius 2 is 2.07 bits per heavy atom. The fourth-order valence-electron chi connectivity index (χ4n) is 1.47. The molecular formula is C12H18ClNO. The van der Waals surface area contributed by atoms with Gasteiger partial charge in [0.05, 0.1) is 6.10 Å². The van der Waals surface area contributed by atoms with Crippen molar-refractivity contribution in [3.05, 3.63) is 29.0 Å². The number of aromatic nitrogens is 1. The zero-order chi connectivity index (χ0) is 11.3. The van der Waals surface area contributed by atoms with Crippen molar-refractivity contribution in [1.29, 1.82) is 0 Å². The quantitative estimate of drug-likeness (QED) is 0.780. The van der Waals surface area contributed by atoms with Crippen LogP contribution in [0.1, 0.15) is 44.8 Å². The lowest BCUT2D eigenvalue weighted by molar-refractivity contribution is 0.161. The third-order valence-corrected chi connectivity index (χ3v) is 2.62. The predicted molar refractivity (Wildman–Crippen MR) is 62.9 cm³/mol. The van der Waals surface area contributed by atoms with Crippen molar-refractivity contribution in [3.63, 3.8) is 0 Å². The molecular weight excluding hydrogens is 210 g/mol. The first kappa shape index (κ1) is 12.5. The van der Waals surface area contributed by atoms with Gasteiger partial charge in [0.2, 0.25) is 0 Å². The van der Waals surface area contributed by atoms with Gasteiger partial charge < -0.3 is 5.11 Å². The van der Waals surface area contributed by atoms with Crippen LogP contribution in [0.5, 0.6) is 0 Å². The summed E-state index contributed by atoms with van der Waals surface area (Å²) in [7, 11) is 0. The molecule has 0 spiro atoms. The number of halogens is 1. The van der Waals surface area contributed by atoms with E-state index in [1.165, 1.54) is 0 Å². The highest BCUT2D eigenvalue weighted by molar-refractivity contribution is 6.29. The lowest BCUT2D eigenvalue weighted by Crippen LogP contribution is -1.99. The molecule has 0 aliphatic carbocycles. The van der Waals surface area contributed by atoms with Crippen LogP contribution in [0, 0.1) is 5.92 Å². The number of nitrogens with zero attached hydrogens (tertiary/aromatic N) is 1. The third kappa shape index (κ3) is 4.63. The van der Waals surface area contributed by atoms with E-state index >= 15 is 0 Å². The highest BCUT2D eigenvalue weighted by atomic mass is 35.5. The number of pyridine rings is 1. The van der Waals surface area contributed by atoms with E-state index in [1.54, 1.807) is 12.3 Å². The summed E-state index contributed by atoms with van der Waals surface area (Å²) in [4.78, 5) is 3.95. The molecule has 1 rings (SSSR count). The molecule has 1 atom stereocenters. The summed E-state index contributed by atoms with van der Waals surface area (Å²) in [6.45, 7) is 4.38. The standard InChI is InChI=1S/C12H18ClNO/c1-9(2)4-3-5-11(15)10-6-7-12(13)14-8-10/h6-9,11,15H,3-5H2,1-2H3. The maximum atomic E-state index is 9.84. The lowest BCUT2D eigenvalue weighted by Gasteiger charge is -2.11. The van der Waals surface area contributed by atoms with Crippen LogP contribution in [0.3, 0.4) is 0 Å². The molecule has 2 nitrogen and oxygen atoms in total. The summed E-state index contributed by atoms with van der Waals surface area (Å²) in [5.41, 5.74) is 0.850. The molecule has 1 N–H and O–H groups in total. The third-order valence-electron chi connectivity index (χ3n) is 2.39. The Morgan fingerprint density at radius 1 is 1.33 bits per heavy atom. The molecule has 0 amide bonds. The normalized spacial score (nSPS) is 13.1. The summed E-state index contributed by atoms with van der Waals surface area (Å²) in [6.07, 6.45) is 4.22. The lowest BCUT2D eigenvalue weighted by atomic mass is 10.0. The molecule has 0 fully saturated rings. The summed E-state index contributed by atoms with van der Waals surface area (Å²) in [5, 5.41) is 10.3. The molecule has 3 heteroatoms. The molecule has 0 bridgehead atoms. The first-order valence-corrected chi connectivity index (χ1v) is 5.77. The fraction of sp³-hybridized carbons (Fsp3) is 0.583. The fourth-order valence-corrected chi connectivity index (χ4v) is 1.58. The van der Waals surface area contributed by atoms with Gasteiger partial charge in [0.25, 0.3) is 0 Å². The van der Waals surface area contributed by atoms with E-state index in [-0.39, 0.29) is 0 Å². The Bertz CT molecular complexity index is 284. The molecule has 0 saturated heterocycles. The van der Waals surface area contributed by atoms with E-state index in [4.69, 9.17) is 11.6 Å². The van der Waals surface area contributed by atoms with Gasteiger partial charge in [0, 0.05) is 6.20 Å². The van der Waals surface area contributed by atoms with Crippen LogP contribution in [-0.2, 0) is 0 Å². The highest BCUT2D eigenvalue weighted by Crippen LogP contribution is 2.20. The average molecular weight is 228 g/mol. The Kier molecular flexibility index (Phi) is 5.06. The molecule has 0 aromatic carbocycles. The maximum Gasteiger partial charge on any atom is 0.129 e. The monoisotopic (exact) mass is 227 g/mol. The van der Waals surface area contributed by atoms with Crippen molar-refractivity contribution in [3.8, 4) is 0 Å². The van der Waals surface area contributed by atoms with Crippen molar-refractivity contribution >= 4 is 11.6 Å². The molecule has 15 heavy (non-hydrogen) atoms. The summed E-state index contributed by atoms with van der Waals surface area (Å²) >= 11 is 5.67. The SMILES string of the molecule is CC(C)CCCC(O)c1ccc(Cl)nc1. The maximum absolute atomic E-state index is 9.84. The van der Waals surface area contributed by atoms with Gasteiger partial charge in [0.15, 0.2) is 0 Å². The Morgan fingerprint density at radius 3 is 2.60 bits per heavy atom.